The Morgan fingerprint density at radius 2 is 1.81 bits per heavy atom. The fourth-order valence-electron chi connectivity index (χ4n) is 2.67. The van der Waals surface area contributed by atoms with Crippen LogP contribution in [0.5, 0.6) is 5.75 Å². The van der Waals surface area contributed by atoms with Gasteiger partial charge in [0.1, 0.15) is 11.8 Å². The van der Waals surface area contributed by atoms with Crippen LogP contribution in [0.4, 0.5) is 11.4 Å². The topological polar surface area (TPSA) is 91.8 Å². The van der Waals surface area contributed by atoms with Crippen molar-refractivity contribution in [3.05, 3.63) is 53.6 Å². The van der Waals surface area contributed by atoms with Crippen molar-refractivity contribution < 1.29 is 14.3 Å². The fraction of sp³-hybridized carbons (Fsp3) is 0.250. The highest BCUT2D eigenvalue weighted by Crippen LogP contribution is 2.17. The summed E-state index contributed by atoms with van der Waals surface area (Å²) in [6, 6.07) is 12.2. The van der Waals surface area contributed by atoms with E-state index in [2.05, 4.69) is 20.9 Å². The molecule has 2 amide bonds. The molecule has 0 unspecified atom stereocenters. The first-order valence-electron chi connectivity index (χ1n) is 8.61. The highest BCUT2D eigenvalue weighted by Gasteiger charge is 2.28. The Hall–Kier alpha value is -3.35. The molecule has 2 aromatic rings. The van der Waals surface area contributed by atoms with Crippen molar-refractivity contribution in [2.24, 2.45) is 4.99 Å². The number of hydrogen-bond acceptors (Lipinski definition) is 5. The molecular formula is C20H22N4O3. The van der Waals surface area contributed by atoms with Gasteiger partial charge in [0.2, 0.25) is 11.9 Å². The van der Waals surface area contributed by atoms with Crippen LogP contribution in [0.1, 0.15) is 17.5 Å². The van der Waals surface area contributed by atoms with Gasteiger partial charge < -0.3 is 15.4 Å². The maximum absolute atomic E-state index is 12.3. The molecule has 7 nitrogen and oxygen atoms in total. The minimum absolute atomic E-state index is 0.0213. The van der Waals surface area contributed by atoms with E-state index in [1.165, 1.54) is 0 Å². The van der Waals surface area contributed by atoms with E-state index in [0.29, 0.717) is 11.6 Å². The highest BCUT2D eigenvalue weighted by molar-refractivity contribution is 6.11. The summed E-state index contributed by atoms with van der Waals surface area (Å²) in [5, 5.41) is 8.49. The van der Waals surface area contributed by atoms with Gasteiger partial charge in [0.05, 0.1) is 13.5 Å². The van der Waals surface area contributed by atoms with Crippen LogP contribution in [0.3, 0.4) is 0 Å². The summed E-state index contributed by atoms with van der Waals surface area (Å²) in [4.78, 5) is 28.6. The smallest absolute Gasteiger partial charge is 0.252 e. The van der Waals surface area contributed by atoms with Gasteiger partial charge in [0.15, 0.2) is 0 Å². The standard InChI is InChI=1S/C20H22N4O3/c1-12-4-5-15(10-13(12)2)21-18(25)11-17-19(26)24-20(23-17)22-14-6-8-16(27-3)9-7-14/h4-10,17H,11H2,1-3H3,(H,21,25)(H2,22,23,24,26)/t17-/m1/s1. The number of aliphatic imine (C=N–C) groups is 1. The predicted octanol–water partition coefficient (Wildman–Crippen LogP) is 2.61. The van der Waals surface area contributed by atoms with E-state index in [0.717, 1.165) is 22.6 Å². The summed E-state index contributed by atoms with van der Waals surface area (Å²) in [5.41, 5.74) is 3.72. The Bertz CT molecular complexity index is 891. The minimum Gasteiger partial charge on any atom is -0.497 e. The molecule has 0 saturated heterocycles. The number of ether oxygens (including phenoxy) is 1. The number of carbonyl (C=O) groups excluding carboxylic acids is 2. The van der Waals surface area contributed by atoms with Crippen molar-refractivity contribution in [2.75, 3.05) is 17.7 Å². The lowest BCUT2D eigenvalue weighted by Gasteiger charge is -2.08. The van der Waals surface area contributed by atoms with Gasteiger partial charge in [0, 0.05) is 11.4 Å². The lowest BCUT2D eigenvalue weighted by Crippen LogP contribution is -2.33. The Morgan fingerprint density at radius 3 is 2.48 bits per heavy atom. The molecule has 0 spiro atoms. The molecule has 3 rings (SSSR count). The zero-order valence-corrected chi connectivity index (χ0v) is 15.5. The Balaban J connectivity index is 1.59. The van der Waals surface area contributed by atoms with E-state index in [4.69, 9.17) is 4.74 Å². The van der Waals surface area contributed by atoms with Crippen LogP contribution in [0.15, 0.2) is 47.5 Å². The zero-order valence-electron chi connectivity index (χ0n) is 15.5. The molecule has 0 bridgehead atoms. The molecule has 0 saturated carbocycles. The summed E-state index contributed by atoms with van der Waals surface area (Å²) in [6.45, 7) is 3.99. The summed E-state index contributed by atoms with van der Waals surface area (Å²) >= 11 is 0. The van der Waals surface area contributed by atoms with E-state index in [1.807, 2.05) is 44.2 Å². The Kier molecular flexibility index (Phi) is 5.40. The number of guanidine groups is 1. The molecule has 3 N–H and O–H groups in total. The number of rotatable bonds is 5. The predicted molar refractivity (Wildman–Crippen MR) is 105 cm³/mol. The van der Waals surface area contributed by atoms with Crippen molar-refractivity contribution in [3.63, 3.8) is 0 Å². The number of anilines is 2. The van der Waals surface area contributed by atoms with Gasteiger partial charge in [-0.05, 0) is 61.4 Å². The number of nitrogens with one attached hydrogen (secondary N) is 3. The molecule has 1 aliphatic heterocycles. The largest absolute Gasteiger partial charge is 0.497 e. The van der Waals surface area contributed by atoms with E-state index in [-0.39, 0.29) is 18.2 Å². The molecule has 1 aliphatic rings. The lowest BCUT2D eigenvalue weighted by molar-refractivity contribution is -0.123. The van der Waals surface area contributed by atoms with Crippen LogP contribution in [0.25, 0.3) is 0 Å². The van der Waals surface area contributed by atoms with Crippen LogP contribution >= 0.6 is 0 Å². The van der Waals surface area contributed by atoms with Gasteiger partial charge in [-0.15, -0.1) is 0 Å². The van der Waals surface area contributed by atoms with Crippen LogP contribution < -0.4 is 20.7 Å². The van der Waals surface area contributed by atoms with Crippen molar-refractivity contribution in [3.8, 4) is 5.75 Å². The van der Waals surface area contributed by atoms with Gasteiger partial charge in [-0.25, -0.2) is 4.99 Å². The van der Waals surface area contributed by atoms with E-state index < -0.39 is 6.04 Å². The number of carbonyl (C=O) groups is 2. The minimum atomic E-state index is -0.753. The SMILES string of the molecule is COc1ccc(NC2=N[C@H](CC(=O)Nc3ccc(C)c(C)c3)C(=O)N2)cc1. The second-order valence-electron chi connectivity index (χ2n) is 6.39. The zero-order chi connectivity index (χ0) is 19.4. The first kappa shape index (κ1) is 18.4. The van der Waals surface area contributed by atoms with Crippen LogP contribution in [0, 0.1) is 13.8 Å². The Labute approximate surface area is 157 Å². The summed E-state index contributed by atoms with van der Waals surface area (Å²) in [5.74, 6) is 0.502. The number of amides is 2. The van der Waals surface area contributed by atoms with Gasteiger partial charge in [-0.2, -0.15) is 0 Å². The van der Waals surface area contributed by atoms with Crippen molar-refractivity contribution in [1.82, 2.24) is 5.32 Å². The molecule has 140 valence electrons. The second kappa shape index (κ2) is 7.90. The van der Waals surface area contributed by atoms with E-state index in [9.17, 15) is 9.59 Å². The molecular weight excluding hydrogens is 344 g/mol. The molecule has 7 heteroatoms. The maximum atomic E-state index is 12.3. The van der Waals surface area contributed by atoms with Crippen molar-refractivity contribution in [2.45, 2.75) is 26.3 Å². The fourth-order valence-corrected chi connectivity index (χ4v) is 2.67. The average molecular weight is 366 g/mol. The van der Waals surface area contributed by atoms with Gasteiger partial charge in [-0.3, -0.25) is 14.9 Å². The third kappa shape index (κ3) is 4.63. The van der Waals surface area contributed by atoms with Crippen LogP contribution in [-0.2, 0) is 9.59 Å². The van der Waals surface area contributed by atoms with Gasteiger partial charge >= 0.3 is 0 Å². The average Bonchev–Trinajstić information content (AvgIpc) is 2.97. The first-order chi connectivity index (χ1) is 12.9. The lowest BCUT2D eigenvalue weighted by atomic mass is 10.1. The highest BCUT2D eigenvalue weighted by atomic mass is 16.5. The number of nitrogens with zero attached hydrogens (tertiary/aromatic N) is 1. The van der Waals surface area contributed by atoms with Crippen molar-refractivity contribution in [1.29, 1.82) is 0 Å². The number of aryl methyl sites for hydroxylation is 2. The quantitative estimate of drug-likeness (QED) is 0.758. The van der Waals surface area contributed by atoms with E-state index >= 15 is 0 Å². The van der Waals surface area contributed by atoms with Gasteiger partial charge in [-0.1, -0.05) is 6.07 Å². The molecule has 0 aromatic heterocycles. The summed E-state index contributed by atoms with van der Waals surface area (Å²) < 4.78 is 5.11. The van der Waals surface area contributed by atoms with Crippen LogP contribution in [0.2, 0.25) is 0 Å². The normalized spacial score (nSPS) is 15.7. The van der Waals surface area contributed by atoms with E-state index in [1.54, 1.807) is 19.2 Å². The molecule has 0 aliphatic carbocycles. The summed E-state index contributed by atoms with van der Waals surface area (Å²) in [7, 11) is 1.59. The molecule has 1 atom stereocenters. The molecule has 2 aromatic carbocycles. The maximum Gasteiger partial charge on any atom is 0.252 e. The number of hydrogen-bond donors (Lipinski definition) is 3. The number of benzene rings is 2. The van der Waals surface area contributed by atoms with Gasteiger partial charge in [0.25, 0.3) is 5.91 Å². The molecule has 1 heterocycles. The monoisotopic (exact) mass is 366 g/mol. The third-order valence-corrected chi connectivity index (χ3v) is 4.35. The first-order valence-corrected chi connectivity index (χ1v) is 8.61. The molecule has 0 radical (unpaired) electrons. The Morgan fingerprint density at radius 1 is 1.11 bits per heavy atom. The second-order valence-corrected chi connectivity index (χ2v) is 6.39. The number of methoxy groups -OCH3 is 1. The van der Waals surface area contributed by atoms with Crippen LogP contribution in [-0.4, -0.2) is 30.9 Å². The third-order valence-electron chi connectivity index (χ3n) is 4.35. The summed E-state index contributed by atoms with van der Waals surface area (Å²) in [6.07, 6.45) is -0.0213. The van der Waals surface area contributed by atoms with Crippen molar-refractivity contribution >= 4 is 29.1 Å². The molecule has 0 fully saturated rings. The molecule has 27 heavy (non-hydrogen) atoms.